The average Bonchev–Trinajstić information content (AvgIpc) is 3.27. The first-order chi connectivity index (χ1) is 14.3. The molecule has 1 saturated heterocycles. The van der Waals surface area contributed by atoms with Crippen molar-refractivity contribution in [2.24, 2.45) is 0 Å². The standard InChI is InChI=1S/C19H23N5O3S3/c1-14-3-5-17(6-4-14)30(25,26)23-9-7-22(8-10-23)13-24-19(28)27-18(21-24)11-16-12-29-15(2)20-16/h3-6,12H,7-11,13H2,1-2H3. The van der Waals surface area contributed by atoms with E-state index < -0.39 is 10.0 Å². The van der Waals surface area contributed by atoms with Gasteiger partial charge in [0.15, 0.2) is 0 Å². The lowest BCUT2D eigenvalue weighted by molar-refractivity contribution is 0.143. The number of rotatable bonds is 6. The van der Waals surface area contributed by atoms with Crippen LogP contribution < -0.4 is 0 Å². The smallest absolute Gasteiger partial charge is 0.288 e. The van der Waals surface area contributed by atoms with Crippen LogP contribution in [0.15, 0.2) is 39.0 Å². The number of hydrogen-bond donors (Lipinski definition) is 0. The lowest BCUT2D eigenvalue weighted by atomic mass is 10.2. The molecule has 0 bridgehead atoms. The molecular formula is C19H23N5O3S3. The molecule has 160 valence electrons. The molecular weight excluding hydrogens is 442 g/mol. The molecule has 1 aliphatic rings. The topological polar surface area (TPSA) is 84.5 Å². The van der Waals surface area contributed by atoms with Crippen molar-refractivity contribution in [1.82, 2.24) is 24.0 Å². The van der Waals surface area contributed by atoms with Crippen molar-refractivity contribution in [2.45, 2.75) is 31.8 Å². The molecule has 0 amide bonds. The van der Waals surface area contributed by atoms with E-state index >= 15 is 0 Å². The molecule has 1 aromatic carbocycles. The minimum absolute atomic E-state index is 0.312. The summed E-state index contributed by atoms with van der Waals surface area (Å²) < 4.78 is 34.5. The van der Waals surface area contributed by atoms with Crippen LogP contribution in [0.4, 0.5) is 0 Å². The Labute approximate surface area is 184 Å². The van der Waals surface area contributed by atoms with Crippen molar-refractivity contribution in [3.63, 3.8) is 0 Å². The Balaban J connectivity index is 1.37. The van der Waals surface area contributed by atoms with Crippen LogP contribution in [-0.4, -0.2) is 58.6 Å². The summed E-state index contributed by atoms with van der Waals surface area (Å²) in [5, 5.41) is 7.46. The largest absolute Gasteiger partial charge is 0.414 e. The van der Waals surface area contributed by atoms with E-state index in [1.807, 2.05) is 31.4 Å². The molecule has 3 aromatic rings. The molecule has 3 heterocycles. The number of piperazine rings is 1. The van der Waals surface area contributed by atoms with Crippen LogP contribution in [0.2, 0.25) is 0 Å². The van der Waals surface area contributed by atoms with Crippen molar-refractivity contribution >= 4 is 33.6 Å². The summed E-state index contributed by atoms with van der Waals surface area (Å²) in [7, 11) is -3.47. The fourth-order valence-electron chi connectivity index (χ4n) is 3.31. The second kappa shape index (κ2) is 8.67. The van der Waals surface area contributed by atoms with E-state index in [0.717, 1.165) is 16.3 Å². The lowest BCUT2D eigenvalue weighted by Crippen LogP contribution is -2.48. The van der Waals surface area contributed by atoms with Gasteiger partial charge < -0.3 is 4.42 Å². The van der Waals surface area contributed by atoms with Crippen molar-refractivity contribution in [1.29, 1.82) is 0 Å². The highest BCUT2D eigenvalue weighted by Crippen LogP contribution is 2.19. The highest BCUT2D eigenvalue weighted by molar-refractivity contribution is 7.89. The number of hydrogen-bond acceptors (Lipinski definition) is 8. The molecule has 30 heavy (non-hydrogen) atoms. The molecule has 0 spiro atoms. The van der Waals surface area contributed by atoms with Gasteiger partial charge in [0.25, 0.3) is 4.84 Å². The number of aromatic nitrogens is 3. The van der Waals surface area contributed by atoms with E-state index in [1.165, 1.54) is 4.31 Å². The Morgan fingerprint density at radius 3 is 2.47 bits per heavy atom. The van der Waals surface area contributed by atoms with Crippen molar-refractivity contribution in [3.05, 3.63) is 56.6 Å². The quantitative estimate of drug-likeness (QED) is 0.518. The molecule has 0 N–H and O–H groups in total. The molecule has 0 aliphatic carbocycles. The third-order valence-corrected chi connectivity index (χ3v) is 8.00. The second-order valence-corrected chi connectivity index (χ2v) is 10.6. The molecule has 0 atom stereocenters. The van der Waals surface area contributed by atoms with E-state index in [9.17, 15) is 8.42 Å². The number of nitrogens with zero attached hydrogens (tertiary/aromatic N) is 5. The lowest BCUT2D eigenvalue weighted by Gasteiger charge is -2.33. The van der Waals surface area contributed by atoms with Gasteiger partial charge >= 0.3 is 0 Å². The Hall–Kier alpha value is -1.92. The van der Waals surface area contributed by atoms with Gasteiger partial charge in [-0.05, 0) is 38.2 Å². The Morgan fingerprint density at radius 1 is 1.13 bits per heavy atom. The molecule has 11 heteroatoms. The summed E-state index contributed by atoms with van der Waals surface area (Å²) in [6, 6.07) is 6.97. The molecule has 1 fully saturated rings. The summed E-state index contributed by atoms with van der Waals surface area (Å²) in [4.78, 5) is 7.19. The SMILES string of the molecule is Cc1ccc(S(=O)(=O)N2CCN(Cn3nc(Cc4csc(C)n4)oc3=S)CC2)cc1. The van der Waals surface area contributed by atoms with Gasteiger partial charge in [0, 0.05) is 31.6 Å². The highest BCUT2D eigenvalue weighted by Gasteiger charge is 2.28. The van der Waals surface area contributed by atoms with Crippen LogP contribution in [0.1, 0.15) is 22.2 Å². The van der Waals surface area contributed by atoms with Crippen LogP contribution in [0.25, 0.3) is 0 Å². The third-order valence-electron chi connectivity index (χ3n) is 4.97. The zero-order chi connectivity index (χ0) is 21.3. The van der Waals surface area contributed by atoms with Crippen molar-refractivity contribution < 1.29 is 12.8 Å². The van der Waals surface area contributed by atoms with Gasteiger partial charge in [-0.15, -0.1) is 16.4 Å². The van der Waals surface area contributed by atoms with Crippen LogP contribution in [0.5, 0.6) is 0 Å². The van der Waals surface area contributed by atoms with Gasteiger partial charge in [0.2, 0.25) is 15.9 Å². The Morgan fingerprint density at radius 2 is 1.83 bits per heavy atom. The number of benzene rings is 1. The van der Waals surface area contributed by atoms with Crippen molar-refractivity contribution in [2.75, 3.05) is 26.2 Å². The molecule has 0 saturated carbocycles. The van der Waals surface area contributed by atoms with Crippen LogP contribution in [0, 0.1) is 18.7 Å². The number of sulfonamides is 1. The zero-order valence-corrected chi connectivity index (χ0v) is 19.3. The number of aryl methyl sites for hydroxylation is 2. The van der Waals surface area contributed by atoms with E-state index in [-0.39, 0.29) is 0 Å². The van der Waals surface area contributed by atoms with Crippen LogP contribution >= 0.6 is 23.6 Å². The van der Waals surface area contributed by atoms with Gasteiger partial charge in [-0.3, -0.25) is 4.90 Å². The molecule has 2 aromatic heterocycles. The van der Waals surface area contributed by atoms with Gasteiger partial charge in [-0.25, -0.2) is 18.1 Å². The van der Waals surface area contributed by atoms with E-state index in [2.05, 4.69) is 15.0 Å². The third kappa shape index (κ3) is 4.70. The first kappa shape index (κ1) is 21.3. The van der Waals surface area contributed by atoms with Crippen LogP contribution in [-0.2, 0) is 23.1 Å². The minimum Gasteiger partial charge on any atom is -0.414 e. The van der Waals surface area contributed by atoms with Crippen LogP contribution in [0.3, 0.4) is 0 Å². The average molecular weight is 466 g/mol. The molecule has 0 radical (unpaired) electrons. The minimum atomic E-state index is -3.47. The molecule has 8 nitrogen and oxygen atoms in total. The maximum atomic E-state index is 12.8. The normalized spacial score (nSPS) is 16.2. The van der Waals surface area contributed by atoms with Gasteiger partial charge in [-0.2, -0.15) is 4.31 Å². The summed E-state index contributed by atoms with van der Waals surface area (Å²) in [6.45, 7) is 6.41. The van der Waals surface area contributed by atoms with Gasteiger partial charge in [-0.1, -0.05) is 17.7 Å². The molecule has 0 unspecified atom stereocenters. The van der Waals surface area contributed by atoms with E-state index in [4.69, 9.17) is 16.6 Å². The zero-order valence-electron chi connectivity index (χ0n) is 16.8. The highest BCUT2D eigenvalue weighted by atomic mass is 32.2. The predicted octanol–water partition coefficient (Wildman–Crippen LogP) is 2.83. The first-order valence-corrected chi connectivity index (χ1v) is 12.3. The maximum absolute atomic E-state index is 12.8. The second-order valence-electron chi connectivity index (χ2n) is 7.27. The van der Waals surface area contributed by atoms with E-state index in [0.29, 0.717) is 54.9 Å². The van der Waals surface area contributed by atoms with Gasteiger partial charge in [0.05, 0.1) is 28.7 Å². The summed E-state index contributed by atoms with van der Waals surface area (Å²) in [5.41, 5.74) is 1.95. The maximum Gasteiger partial charge on any atom is 0.288 e. The predicted molar refractivity (Wildman–Crippen MR) is 116 cm³/mol. The van der Waals surface area contributed by atoms with Crippen molar-refractivity contribution in [3.8, 4) is 0 Å². The summed E-state index contributed by atoms with van der Waals surface area (Å²) in [6.07, 6.45) is 0.504. The van der Waals surface area contributed by atoms with Gasteiger partial charge in [0.1, 0.15) is 0 Å². The fourth-order valence-corrected chi connectivity index (χ4v) is 5.54. The summed E-state index contributed by atoms with van der Waals surface area (Å²) in [5.74, 6) is 0.533. The molecule has 4 rings (SSSR count). The summed E-state index contributed by atoms with van der Waals surface area (Å²) >= 11 is 6.89. The molecule has 1 aliphatic heterocycles. The monoisotopic (exact) mass is 465 g/mol. The number of thiazole rings is 1. The fraction of sp³-hybridized carbons (Fsp3) is 0.421. The first-order valence-electron chi connectivity index (χ1n) is 9.58. The Bertz CT molecular complexity index is 1170. The van der Waals surface area contributed by atoms with E-state index in [1.54, 1.807) is 28.2 Å². The Kier molecular flexibility index (Phi) is 6.16.